The van der Waals surface area contributed by atoms with Crippen molar-refractivity contribution in [3.05, 3.63) is 27.8 Å². The van der Waals surface area contributed by atoms with Gasteiger partial charge >= 0.3 is 0 Å². The number of aliphatic hydroxyl groups excluding tert-OH is 1. The Kier molecular flexibility index (Phi) is 4.50. The zero-order valence-corrected chi connectivity index (χ0v) is 11.1. The van der Waals surface area contributed by atoms with E-state index in [-0.39, 0.29) is 11.5 Å². The maximum Gasteiger partial charge on any atom is 0.240 e. The third kappa shape index (κ3) is 3.71. The topological polar surface area (TPSA) is 66.4 Å². The number of sulfonamides is 1. The highest BCUT2D eigenvalue weighted by atomic mass is 127. The largest absolute Gasteiger partial charge is 0.395 e. The van der Waals surface area contributed by atoms with Gasteiger partial charge in [-0.3, -0.25) is 0 Å². The molecule has 0 radical (unpaired) electrons. The standard InChI is InChI=1S/C9H12INO3S/c1-7(6-12)11-15(13,14)9-4-2-8(10)3-5-9/h2-5,7,11-12H,6H2,1H3/t7-/m0/s1. The van der Waals surface area contributed by atoms with Crippen molar-refractivity contribution in [2.45, 2.75) is 17.9 Å². The number of nitrogens with one attached hydrogen (secondary N) is 1. The Balaban J connectivity index is 2.91. The Labute approximate surface area is 103 Å². The summed E-state index contributed by atoms with van der Waals surface area (Å²) < 4.78 is 26.7. The monoisotopic (exact) mass is 341 g/mol. The SMILES string of the molecule is C[C@@H](CO)NS(=O)(=O)c1ccc(I)cc1. The molecule has 0 aromatic heterocycles. The molecule has 6 heteroatoms. The molecule has 1 aromatic rings. The fourth-order valence-electron chi connectivity index (χ4n) is 0.984. The minimum absolute atomic E-state index is 0.211. The molecular formula is C9H12INO3S. The van der Waals surface area contributed by atoms with E-state index in [0.717, 1.165) is 3.57 Å². The van der Waals surface area contributed by atoms with Crippen LogP contribution >= 0.6 is 22.6 Å². The molecular weight excluding hydrogens is 329 g/mol. The average molecular weight is 341 g/mol. The van der Waals surface area contributed by atoms with Gasteiger partial charge in [-0.25, -0.2) is 13.1 Å². The Morgan fingerprint density at radius 2 is 1.93 bits per heavy atom. The van der Waals surface area contributed by atoms with E-state index in [4.69, 9.17) is 5.11 Å². The first-order chi connectivity index (χ1) is 6.95. The Morgan fingerprint density at radius 1 is 1.40 bits per heavy atom. The van der Waals surface area contributed by atoms with Gasteiger partial charge in [0.15, 0.2) is 0 Å². The molecule has 15 heavy (non-hydrogen) atoms. The summed E-state index contributed by atoms with van der Waals surface area (Å²) in [6, 6.07) is 6.04. The van der Waals surface area contributed by atoms with Gasteiger partial charge in [-0.1, -0.05) is 0 Å². The molecule has 0 bridgehead atoms. The molecule has 84 valence electrons. The highest BCUT2D eigenvalue weighted by Gasteiger charge is 2.16. The fourth-order valence-corrected chi connectivity index (χ4v) is 2.58. The van der Waals surface area contributed by atoms with Crippen LogP contribution in [0.25, 0.3) is 0 Å². The van der Waals surface area contributed by atoms with Gasteiger partial charge < -0.3 is 5.11 Å². The first kappa shape index (κ1) is 12.9. The second-order valence-electron chi connectivity index (χ2n) is 3.16. The fraction of sp³-hybridized carbons (Fsp3) is 0.333. The first-order valence-electron chi connectivity index (χ1n) is 4.34. The number of aliphatic hydroxyl groups is 1. The van der Waals surface area contributed by atoms with Crippen molar-refractivity contribution in [2.75, 3.05) is 6.61 Å². The molecule has 1 rings (SSSR count). The quantitative estimate of drug-likeness (QED) is 0.802. The zero-order chi connectivity index (χ0) is 11.5. The minimum Gasteiger partial charge on any atom is -0.395 e. The zero-order valence-electron chi connectivity index (χ0n) is 8.14. The predicted molar refractivity (Wildman–Crippen MR) is 66.0 cm³/mol. The Morgan fingerprint density at radius 3 is 2.40 bits per heavy atom. The summed E-state index contributed by atoms with van der Waals surface area (Å²) in [5.74, 6) is 0. The van der Waals surface area contributed by atoms with Gasteiger partial charge in [-0.2, -0.15) is 0 Å². The number of hydrogen-bond donors (Lipinski definition) is 2. The van der Waals surface area contributed by atoms with Crippen molar-refractivity contribution in [1.29, 1.82) is 0 Å². The van der Waals surface area contributed by atoms with E-state index in [0.29, 0.717) is 0 Å². The highest BCUT2D eigenvalue weighted by Crippen LogP contribution is 2.12. The van der Waals surface area contributed by atoms with E-state index in [9.17, 15) is 8.42 Å². The van der Waals surface area contributed by atoms with Crippen LogP contribution in [0.3, 0.4) is 0 Å². The molecule has 0 heterocycles. The van der Waals surface area contributed by atoms with Gasteiger partial charge in [-0.15, -0.1) is 0 Å². The van der Waals surface area contributed by atoms with Crippen molar-refractivity contribution < 1.29 is 13.5 Å². The van der Waals surface area contributed by atoms with Crippen LogP contribution in [0, 0.1) is 3.57 Å². The van der Waals surface area contributed by atoms with E-state index in [1.54, 1.807) is 19.1 Å². The molecule has 0 fully saturated rings. The second kappa shape index (κ2) is 5.24. The highest BCUT2D eigenvalue weighted by molar-refractivity contribution is 14.1. The normalized spacial score (nSPS) is 13.8. The van der Waals surface area contributed by atoms with Crippen molar-refractivity contribution in [2.24, 2.45) is 0 Å². The smallest absolute Gasteiger partial charge is 0.240 e. The summed E-state index contributed by atoms with van der Waals surface area (Å²) in [6.07, 6.45) is 0. The Bertz CT molecular complexity index is 415. The van der Waals surface area contributed by atoms with Crippen molar-refractivity contribution in [3.63, 3.8) is 0 Å². The van der Waals surface area contributed by atoms with Gasteiger partial charge in [0.25, 0.3) is 0 Å². The van der Waals surface area contributed by atoms with E-state index in [1.165, 1.54) is 12.1 Å². The van der Waals surface area contributed by atoms with E-state index in [2.05, 4.69) is 27.3 Å². The van der Waals surface area contributed by atoms with Crippen LogP contribution in [-0.2, 0) is 10.0 Å². The summed E-state index contributed by atoms with van der Waals surface area (Å²) in [7, 11) is -3.50. The van der Waals surface area contributed by atoms with Crippen LogP contribution in [0.2, 0.25) is 0 Å². The summed E-state index contributed by atoms with van der Waals surface area (Å²) in [4.78, 5) is 0.211. The summed E-state index contributed by atoms with van der Waals surface area (Å²) in [6.45, 7) is 1.38. The first-order valence-corrected chi connectivity index (χ1v) is 6.90. The lowest BCUT2D eigenvalue weighted by atomic mass is 10.4. The molecule has 0 amide bonds. The van der Waals surface area contributed by atoms with Crippen molar-refractivity contribution in [1.82, 2.24) is 4.72 Å². The lowest BCUT2D eigenvalue weighted by Gasteiger charge is -2.11. The summed E-state index contributed by atoms with van der Waals surface area (Å²) in [5.41, 5.74) is 0. The van der Waals surface area contributed by atoms with Gasteiger partial charge in [-0.05, 0) is 53.8 Å². The molecule has 4 nitrogen and oxygen atoms in total. The lowest BCUT2D eigenvalue weighted by molar-refractivity contribution is 0.265. The van der Waals surface area contributed by atoms with Crippen LogP contribution in [0.15, 0.2) is 29.2 Å². The molecule has 1 aromatic carbocycles. The maximum atomic E-state index is 11.7. The van der Waals surface area contributed by atoms with E-state index < -0.39 is 16.1 Å². The molecule has 2 N–H and O–H groups in total. The third-order valence-corrected chi connectivity index (χ3v) is 4.08. The van der Waals surface area contributed by atoms with Crippen LogP contribution in [-0.4, -0.2) is 26.2 Å². The van der Waals surface area contributed by atoms with Crippen LogP contribution in [0.1, 0.15) is 6.92 Å². The lowest BCUT2D eigenvalue weighted by Crippen LogP contribution is -2.34. The van der Waals surface area contributed by atoms with Gasteiger partial charge in [0.1, 0.15) is 0 Å². The average Bonchev–Trinajstić information content (AvgIpc) is 2.17. The third-order valence-electron chi connectivity index (χ3n) is 1.75. The molecule has 0 unspecified atom stereocenters. The van der Waals surface area contributed by atoms with Crippen LogP contribution in [0.4, 0.5) is 0 Å². The Hall–Kier alpha value is -0.180. The second-order valence-corrected chi connectivity index (χ2v) is 6.12. The van der Waals surface area contributed by atoms with Crippen LogP contribution < -0.4 is 4.72 Å². The molecule has 0 aliphatic rings. The molecule has 1 atom stereocenters. The summed E-state index contributed by atoms with van der Waals surface area (Å²) >= 11 is 2.10. The van der Waals surface area contributed by atoms with Gasteiger partial charge in [0.05, 0.1) is 11.5 Å². The maximum absolute atomic E-state index is 11.7. The number of hydrogen-bond acceptors (Lipinski definition) is 3. The number of halogens is 1. The van der Waals surface area contributed by atoms with Crippen molar-refractivity contribution in [3.8, 4) is 0 Å². The van der Waals surface area contributed by atoms with Gasteiger partial charge in [0.2, 0.25) is 10.0 Å². The number of rotatable bonds is 4. The number of benzene rings is 1. The van der Waals surface area contributed by atoms with Crippen molar-refractivity contribution >= 4 is 32.6 Å². The van der Waals surface area contributed by atoms with E-state index >= 15 is 0 Å². The molecule has 0 aliphatic carbocycles. The minimum atomic E-state index is -3.50. The molecule has 0 aliphatic heterocycles. The van der Waals surface area contributed by atoms with E-state index in [1.807, 2.05) is 0 Å². The molecule has 0 saturated carbocycles. The summed E-state index contributed by atoms with van der Waals surface area (Å²) in [5, 5.41) is 8.76. The van der Waals surface area contributed by atoms with Gasteiger partial charge in [0, 0.05) is 9.61 Å². The molecule has 0 spiro atoms. The van der Waals surface area contributed by atoms with Crippen LogP contribution in [0.5, 0.6) is 0 Å². The predicted octanol–water partition coefficient (Wildman–Crippen LogP) is 0.950. The molecule has 0 saturated heterocycles.